The van der Waals surface area contributed by atoms with Gasteiger partial charge < -0.3 is 8.83 Å². The molecule has 2 heterocycles. The Hall–Kier alpha value is -2.38. The summed E-state index contributed by atoms with van der Waals surface area (Å²) < 4.78 is 12.5. The van der Waals surface area contributed by atoms with Crippen molar-refractivity contribution in [3.63, 3.8) is 0 Å². The standard InChI is InChI=1S/C18H12BrN3O2S/c19-14-8-6-13(7-9-14)17-21-22-18(24-17)25-11-16-20-10-15(23-16)12-4-2-1-3-5-12/h1-10H,11H2. The second kappa shape index (κ2) is 7.25. The zero-order chi connectivity index (χ0) is 17.1. The van der Waals surface area contributed by atoms with E-state index in [9.17, 15) is 0 Å². The Kier molecular flexibility index (Phi) is 4.67. The summed E-state index contributed by atoms with van der Waals surface area (Å²) in [6.07, 6.45) is 1.73. The number of benzene rings is 2. The van der Waals surface area contributed by atoms with Crippen molar-refractivity contribution in [2.75, 3.05) is 0 Å². The maximum absolute atomic E-state index is 5.77. The fourth-order valence-corrected chi connectivity index (χ4v) is 3.09. The molecule has 0 radical (unpaired) electrons. The zero-order valence-electron chi connectivity index (χ0n) is 12.9. The van der Waals surface area contributed by atoms with Crippen molar-refractivity contribution < 1.29 is 8.83 Å². The zero-order valence-corrected chi connectivity index (χ0v) is 15.3. The van der Waals surface area contributed by atoms with E-state index < -0.39 is 0 Å². The summed E-state index contributed by atoms with van der Waals surface area (Å²) in [4.78, 5) is 4.30. The van der Waals surface area contributed by atoms with Crippen molar-refractivity contribution in [3.05, 3.63) is 71.2 Å². The van der Waals surface area contributed by atoms with Crippen molar-refractivity contribution >= 4 is 27.7 Å². The number of hydrogen-bond donors (Lipinski definition) is 0. The minimum atomic E-state index is 0.484. The summed E-state index contributed by atoms with van der Waals surface area (Å²) in [5, 5.41) is 8.62. The van der Waals surface area contributed by atoms with Crippen LogP contribution >= 0.6 is 27.7 Å². The van der Waals surface area contributed by atoms with Crippen LogP contribution in [0.15, 0.2) is 79.3 Å². The van der Waals surface area contributed by atoms with Crippen molar-refractivity contribution in [2.45, 2.75) is 11.0 Å². The molecule has 0 N–H and O–H groups in total. The van der Waals surface area contributed by atoms with Crippen LogP contribution in [0.4, 0.5) is 0 Å². The SMILES string of the molecule is Brc1ccc(-c2nnc(SCc3ncc(-c4ccccc4)o3)o2)cc1. The maximum atomic E-state index is 5.77. The second-order valence-corrected chi connectivity index (χ2v) is 7.00. The third-order valence-electron chi connectivity index (χ3n) is 3.43. The minimum Gasteiger partial charge on any atom is -0.440 e. The highest BCUT2D eigenvalue weighted by atomic mass is 79.9. The number of rotatable bonds is 5. The van der Waals surface area contributed by atoms with Gasteiger partial charge in [0, 0.05) is 15.6 Å². The van der Waals surface area contributed by atoms with Crippen LogP contribution in [-0.4, -0.2) is 15.2 Å². The average molecular weight is 414 g/mol. The lowest BCUT2D eigenvalue weighted by atomic mass is 10.2. The third kappa shape index (κ3) is 3.83. The molecule has 4 rings (SSSR count). The van der Waals surface area contributed by atoms with E-state index in [0.29, 0.717) is 22.8 Å². The maximum Gasteiger partial charge on any atom is 0.277 e. The molecule has 0 atom stereocenters. The van der Waals surface area contributed by atoms with Gasteiger partial charge in [-0.2, -0.15) is 0 Å². The van der Waals surface area contributed by atoms with Crippen LogP contribution in [0.25, 0.3) is 22.8 Å². The Morgan fingerprint density at radius 2 is 1.68 bits per heavy atom. The molecular weight excluding hydrogens is 402 g/mol. The first-order valence-corrected chi connectivity index (χ1v) is 9.28. The molecule has 0 amide bonds. The first-order valence-electron chi connectivity index (χ1n) is 7.50. The summed E-state index contributed by atoms with van der Waals surface area (Å²) in [6, 6.07) is 17.6. The summed E-state index contributed by atoms with van der Waals surface area (Å²) in [6.45, 7) is 0. The normalized spacial score (nSPS) is 10.9. The smallest absolute Gasteiger partial charge is 0.277 e. The lowest BCUT2D eigenvalue weighted by Crippen LogP contribution is -1.79. The van der Waals surface area contributed by atoms with E-state index in [1.807, 2.05) is 54.6 Å². The molecule has 0 aliphatic rings. The summed E-state index contributed by atoms with van der Waals surface area (Å²) in [5.41, 5.74) is 1.88. The number of thioether (sulfide) groups is 1. The van der Waals surface area contributed by atoms with Crippen molar-refractivity contribution in [1.82, 2.24) is 15.2 Å². The Bertz CT molecular complexity index is 967. The second-order valence-electron chi connectivity index (χ2n) is 5.15. The monoisotopic (exact) mass is 413 g/mol. The molecule has 0 spiro atoms. The quantitative estimate of drug-likeness (QED) is 0.405. The number of nitrogens with zero attached hydrogens (tertiary/aromatic N) is 3. The molecule has 2 aromatic heterocycles. The summed E-state index contributed by atoms with van der Waals surface area (Å²) >= 11 is 4.80. The fraction of sp³-hybridized carbons (Fsp3) is 0.0556. The Morgan fingerprint density at radius 3 is 2.48 bits per heavy atom. The van der Waals surface area contributed by atoms with E-state index in [4.69, 9.17) is 8.83 Å². The molecule has 4 aromatic rings. The molecule has 0 aliphatic heterocycles. The molecule has 25 heavy (non-hydrogen) atoms. The highest BCUT2D eigenvalue weighted by Gasteiger charge is 2.12. The first kappa shape index (κ1) is 16.1. The Balaban J connectivity index is 1.42. The molecule has 0 aliphatic carbocycles. The summed E-state index contributed by atoms with van der Waals surface area (Å²) in [7, 11) is 0. The van der Waals surface area contributed by atoms with Gasteiger partial charge in [0.2, 0.25) is 11.8 Å². The van der Waals surface area contributed by atoms with Gasteiger partial charge >= 0.3 is 0 Å². The van der Waals surface area contributed by atoms with Crippen LogP contribution in [0.5, 0.6) is 0 Å². The number of halogens is 1. The fourth-order valence-electron chi connectivity index (χ4n) is 2.21. The Morgan fingerprint density at radius 1 is 0.880 bits per heavy atom. The lowest BCUT2D eigenvalue weighted by molar-refractivity contribution is 0.464. The van der Waals surface area contributed by atoms with E-state index in [1.54, 1.807) is 6.20 Å². The van der Waals surface area contributed by atoms with Gasteiger partial charge in [0.25, 0.3) is 5.22 Å². The van der Waals surface area contributed by atoms with Crippen LogP contribution < -0.4 is 0 Å². The summed E-state index contributed by atoms with van der Waals surface area (Å²) in [5.74, 6) is 2.38. The van der Waals surface area contributed by atoms with E-state index in [2.05, 4.69) is 31.1 Å². The van der Waals surface area contributed by atoms with Crippen LogP contribution in [-0.2, 0) is 5.75 Å². The largest absolute Gasteiger partial charge is 0.440 e. The molecular formula is C18H12BrN3O2S. The van der Waals surface area contributed by atoms with Crippen molar-refractivity contribution in [2.24, 2.45) is 0 Å². The van der Waals surface area contributed by atoms with Gasteiger partial charge in [0.05, 0.1) is 11.9 Å². The van der Waals surface area contributed by atoms with Crippen molar-refractivity contribution in [1.29, 1.82) is 0 Å². The highest BCUT2D eigenvalue weighted by molar-refractivity contribution is 9.10. The number of oxazole rings is 1. The van der Waals surface area contributed by atoms with Gasteiger partial charge in [-0.1, -0.05) is 58.0 Å². The van der Waals surface area contributed by atoms with Crippen LogP contribution in [0, 0.1) is 0 Å². The molecule has 0 saturated heterocycles. The van der Waals surface area contributed by atoms with E-state index in [-0.39, 0.29) is 0 Å². The van der Waals surface area contributed by atoms with Crippen LogP contribution in [0.3, 0.4) is 0 Å². The van der Waals surface area contributed by atoms with E-state index in [0.717, 1.165) is 21.4 Å². The molecule has 0 fully saturated rings. The van der Waals surface area contributed by atoms with Crippen molar-refractivity contribution in [3.8, 4) is 22.8 Å². The van der Waals surface area contributed by atoms with E-state index in [1.165, 1.54) is 11.8 Å². The number of hydrogen-bond acceptors (Lipinski definition) is 6. The molecule has 0 unspecified atom stereocenters. The predicted molar refractivity (Wildman–Crippen MR) is 98.9 cm³/mol. The lowest BCUT2D eigenvalue weighted by Gasteiger charge is -1.95. The number of aromatic nitrogens is 3. The van der Waals surface area contributed by atoms with Gasteiger partial charge in [-0.05, 0) is 24.3 Å². The molecule has 0 saturated carbocycles. The van der Waals surface area contributed by atoms with Gasteiger partial charge in [-0.25, -0.2) is 4.98 Å². The predicted octanol–water partition coefficient (Wildman–Crippen LogP) is 5.45. The van der Waals surface area contributed by atoms with E-state index >= 15 is 0 Å². The first-order chi connectivity index (χ1) is 12.3. The minimum absolute atomic E-state index is 0.484. The van der Waals surface area contributed by atoms with Gasteiger partial charge in [-0.3, -0.25) is 0 Å². The van der Waals surface area contributed by atoms with Gasteiger partial charge in [-0.15, -0.1) is 10.2 Å². The van der Waals surface area contributed by atoms with Gasteiger partial charge in [0.1, 0.15) is 0 Å². The molecule has 0 bridgehead atoms. The van der Waals surface area contributed by atoms with Crippen LogP contribution in [0.2, 0.25) is 0 Å². The van der Waals surface area contributed by atoms with Gasteiger partial charge in [0.15, 0.2) is 5.76 Å². The molecule has 5 nitrogen and oxygen atoms in total. The molecule has 124 valence electrons. The highest BCUT2D eigenvalue weighted by Crippen LogP contribution is 2.27. The topological polar surface area (TPSA) is 65.0 Å². The van der Waals surface area contributed by atoms with Crippen LogP contribution in [0.1, 0.15) is 5.89 Å². The third-order valence-corrected chi connectivity index (χ3v) is 4.76. The average Bonchev–Trinajstić information content (AvgIpc) is 3.31. The molecule has 7 heteroatoms. The Labute approximate surface area is 156 Å². The molecule has 2 aromatic carbocycles.